The minimum Gasteiger partial charge on any atom is -0.478 e. The monoisotopic (exact) mass is 556 g/mol. The molecule has 1 atom stereocenters. The Labute approximate surface area is 204 Å². The molecule has 0 bridgehead atoms. The number of hydrogen-bond donors (Lipinski definition) is 3. The van der Waals surface area contributed by atoms with E-state index in [-0.39, 0.29) is 18.1 Å². The number of amides is 2. The van der Waals surface area contributed by atoms with Crippen LogP contribution in [0.5, 0.6) is 0 Å². The summed E-state index contributed by atoms with van der Waals surface area (Å²) >= 11 is 2.00. The minimum absolute atomic E-state index is 0.0582. The number of benzene rings is 3. The number of anilines is 1. The van der Waals surface area contributed by atoms with Crippen LogP contribution in [0.1, 0.15) is 34.3 Å². The molecular formula is C25H21IN2O5. The van der Waals surface area contributed by atoms with Crippen LogP contribution < -0.4 is 10.6 Å². The summed E-state index contributed by atoms with van der Waals surface area (Å²) in [5.41, 5.74) is 4.89. The molecule has 8 heteroatoms. The van der Waals surface area contributed by atoms with Gasteiger partial charge in [0.2, 0.25) is 5.91 Å². The Kier molecular flexibility index (Phi) is 6.64. The molecule has 0 aromatic heterocycles. The average Bonchev–Trinajstić information content (AvgIpc) is 3.12. The summed E-state index contributed by atoms with van der Waals surface area (Å²) in [5.74, 6) is -1.65. The molecule has 1 unspecified atom stereocenters. The predicted octanol–water partition coefficient (Wildman–Crippen LogP) is 4.86. The summed E-state index contributed by atoms with van der Waals surface area (Å²) in [7, 11) is 0. The summed E-state index contributed by atoms with van der Waals surface area (Å²) in [4.78, 5) is 36.1. The molecule has 0 heterocycles. The Morgan fingerprint density at radius 2 is 1.61 bits per heavy atom. The van der Waals surface area contributed by atoms with Gasteiger partial charge >= 0.3 is 12.1 Å². The molecular weight excluding hydrogens is 535 g/mol. The third-order valence-electron chi connectivity index (χ3n) is 5.54. The van der Waals surface area contributed by atoms with E-state index in [1.54, 1.807) is 6.07 Å². The number of carboxylic acid groups (broad SMARTS) is 1. The third-order valence-corrected chi connectivity index (χ3v) is 6.48. The molecule has 0 spiro atoms. The number of fused-ring (bicyclic) bond motifs is 3. The predicted molar refractivity (Wildman–Crippen MR) is 132 cm³/mol. The van der Waals surface area contributed by atoms with Crippen molar-refractivity contribution in [2.24, 2.45) is 0 Å². The zero-order chi connectivity index (χ0) is 23.5. The standard InChI is InChI=1S/C25H21IN2O5/c1-14(23(29)28-22-12-15(24(30)31)10-11-21(22)26)27-25(32)33-13-20-18-8-4-2-6-16(18)17-7-3-5-9-19(17)20/h2-12,14,20H,13H2,1H3,(H,27,32)(H,28,29)(H,30,31). The van der Waals surface area contributed by atoms with Crippen molar-refractivity contribution in [3.63, 3.8) is 0 Å². The number of carbonyl (C=O) groups is 3. The van der Waals surface area contributed by atoms with Crippen LogP contribution in [-0.4, -0.2) is 35.7 Å². The molecule has 3 aromatic carbocycles. The first-order valence-corrected chi connectivity index (χ1v) is 11.4. The van der Waals surface area contributed by atoms with Gasteiger partial charge in [0.05, 0.1) is 11.3 Å². The van der Waals surface area contributed by atoms with Gasteiger partial charge in [0.25, 0.3) is 0 Å². The first-order chi connectivity index (χ1) is 15.8. The van der Waals surface area contributed by atoms with E-state index in [1.165, 1.54) is 19.1 Å². The van der Waals surface area contributed by atoms with Crippen molar-refractivity contribution in [1.29, 1.82) is 0 Å². The van der Waals surface area contributed by atoms with Gasteiger partial charge in [-0.25, -0.2) is 9.59 Å². The number of carboxylic acids is 1. The van der Waals surface area contributed by atoms with Gasteiger partial charge in [0.15, 0.2) is 0 Å². The summed E-state index contributed by atoms with van der Waals surface area (Å²) in [6, 6.07) is 19.6. The van der Waals surface area contributed by atoms with Crippen molar-refractivity contribution in [2.75, 3.05) is 11.9 Å². The molecule has 0 saturated carbocycles. The molecule has 3 N–H and O–H groups in total. The van der Waals surface area contributed by atoms with Crippen LogP contribution in [0.25, 0.3) is 11.1 Å². The highest BCUT2D eigenvalue weighted by molar-refractivity contribution is 14.1. The Bertz CT molecular complexity index is 1200. The number of aromatic carboxylic acids is 1. The highest BCUT2D eigenvalue weighted by Crippen LogP contribution is 2.44. The maximum absolute atomic E-state index is 12.5. The average molecular weight is 556 g/mol. The van der Waals surface area contributed by atoms with E-state index < -0.39 is 24.0 Å². The Hall–Kier alpha value is -3.40. The number of hydrogen-bond acceptors (Lipinski definition) is 4. The molecule has 0 radical (unpaired) electrons. The van der Waals surface area contributed by atoms with Crippen molar-refractivity contribution in [2.45, 2.75) is 18.9 Å². The SMILES string of the molecule is CC(NC(=O)OCC1c2ccccc2-c2ccccc21)C(=O)Nc1cc(C(=O)O)ccc1I. The Morgan fingerprint density at radius 3 is 2.21 bits per heavy atom. The zero-order valence-corrected chi connectivity index (χ0v) is 19.8. The first-order valence-electron chi connectivity index (χ1n) is 10.3. The Balaban J connectivity index is 1.37. The molecule has 33 heavy (non-hydrogen) atoms. The highest BCUT2D eigenvalue weighted by Gasteiger charge is 2.29. The Morgan fingerprint density at radius 1 is 1.00 bits per heavy atom. The topological polar surface area (TPSA) is 105 Å². The summed E-state index contributed by atoms with van der Waals surface area (Å²) in [6.45, 7) is 1.68. The number of nitrogens with one attached hydrogen (secondary N) is 2. The largest absolute Gasteiger partial charge is 0.478 e. The van der Waals surface area contributed by atoms with Crippen molar-refractivity contribution in [3.05, 3.63) is 87.0 Å². The molecule has 4 rings (SSSR count). The highest BCUT2D eigenvalue weighted by atomic mass is 127. The minimum atomic E-state index is -1.09. The molecule has 7 nitrogen and oxygen atoms in total. The molecule has 1 aliphatic rings. The van der Waals surface area contributed by atoms with E-state index in [0.29, 0.717) is 9.26 Å². The van der Waals surface area contributed by atoms with E-state index in [1.807, 2.05) is 59.0 Å². The molecule has 1 aliphatic carbocycles. The van der Waals surface area contributed by atoms with Gasteiger partial charge < -0.3 is 20.5 Å². The van der Waals surface area contributed by atoms with Gasteiger partial charge in [-0.3, -0.25) is 4.79 Å². The van der Waals surface area contributed by atoms with Crippen LogP contribution in [0.3, 0.4) is 0 Å². The van der Waals surface area contributed by atoms with Crippen LogP contribution in [0.2, 0.25) is 0 Å². The van der Waals surface area contributed by atoms with E-state index in [0.717, 1.165) is 22.3 Å². The van der Waals surface area contributed by atoms with Crippen LogP contribution in [-0.2, 0) is 9.53 Å². The zero-order valence-electron chi connectivity index (χ0n) is 17.7. The second kappa shape index (κ2) is 9.62. The maximum atomic E-state index is 12.5. The fourth-order valence-electron chi connectivity index (χ4n) is 3.88. The van der Waals surface area contributed by atoms with Crippen molar-refractivity contribution in [1.82, 2.24) is 5.32 Å². The first kappa shape index (κ1) is 22.8. The van der Waals surface area contributed by atoms with Crippen LogP contribution in [0, 0.1) is 3.57 Å². The van der Waals surface area contributed by atoms with Gasteiger partial charge in [-0.15, -0.1) is 0 Å². The number of alkyl carbamates (subject to hydrolysis) is 1. The van der Waals surface area contributed by atoms with Crippen LogP contribution in [0.4, 0.5) is 10.5 Å². The second-order valence-corrected chi connectivity index (χ2v) is 8.84. The molecule has 2 amide bonds. The van der Waals surface area contributed by atoms with Gasteiger partial charge in [-0.1, -0.05) is 48.5 Å². The van der Waals surface area contributed by atoms with Crippen molar-refractivity contribution >= 4 is 46.2 Å². The van der Waals surface area contributed by atoms with Gasteiger partial charge in [-0.05, 0) is 70.0 Å². The number of halogens is 1. The van der Waals surface area contributed by atoms with Crippen LogP contribution in [0.15, 0.2) is 66.7 Å². The molecule has 0 saturated heterocycles. The van der Waals surface area contributed by atoms with Crippen molar-refractivity contribution in [3.8, 4) is 11.1 Å². The molecule has 0 fully saturated rings. The molecule has 0 aliphatic heterocycles. The van der Waals surface area contributed by atoms with E-state index >= 15 is 0 Å². The lowest BCUT2D eigenvalue weighted by Gasteiger charge is -2.17. The summed E-state index contributed by atoms with van der Waals surface area (Å²) in [6.07, 6.45) is -0.700. The van der Waals surface area contributed by atoms with E-state index in [2.05, 4.69) is 22.8 Å². The smallest absolute Gasteiger partial charge is 0.407 e. The lowest BCUT2D eigenvalue weighted by atomic mass is 9.98. The van der Waals surface area contributed by atoms with E-state index in [4.69, 9.17) is 9.84 Å². The lowest BCUT2D eigenvalue weighted by Crippen LogP contribution is -2.42. The van der Waals surface area contributed by atoms with E-state index in [9.17, 15) is 14.4 Å². The number of ether oxygens (including phenoxy) is 1. The summed E-state index contributed by atoms with van der Waals surface area (Å²) in [5, 5.41) is 14.3. The molecule has 3 aromatic rings. The maximum Gasteiger partial charge on any atom is 0.407 e. The van der Waals surface area contributed by atoms with Gasteiger partial charge in [0.1, 0.15) is 12.6 Å². The van der Waals surface area contributed by atoms with Gasteiger partial charge in [-0.2, -0.15) is 0 Å². The summed E-state index contributed by atoms with van der Waals surface area (Å²) < 4.78 is 6.16. The fourth-order valence-corrected chi connectivity index (χ4v) is 4.35. The fraction of sp³-hybridized carbons (Fsp3) is 0.160. The van der Waals surface area contributed by atoms with Gasteiger partial charge in [0, 0.05) is 9.49 Å². The second-order valence-electron chi connectivity index (χ2n) is 7.68. The number of rotatable bonds is 6. The quantitative estimate of drug-likeness (QED) is 0.377. The van der Waals surface area contributed by atoms with Crippen molar-refractivity contribution < 1.29 is 24.2 Å². The third kappa shape index (κ3) is 4.85. The number of carbonyl (C=O) groups excluding carboxylic acids is 2. The van der Waals surface area contributed by atoms with Crippen LogP contribution >= 0.6 is 22.6 Å². The molecule has 168 valence electrons. The lowest BCUT2D eigenvalue weighted by molar-refractivity contribution is -0.117. The normalized spacial score (nSPS) is 12.9.